The van der Waals surface area contributed by atoms with Crippen LogP contribution in [0.25, 0.3) is 5.65 Å². The highest BCUT2D eigenvalue weighted by molar-refractivity contribution is 5.95. The molecule has 0 saturated carbocycles. The van der Waals surface area contributed by atoms with Crippen molar-refractivity contribution in [1.82, 2.24) is 14.7 Å². The number of imidazole rings is 1. The van der Waals surface area contributed by atoms with Crippen molar-refractivity contribution in [2.75, 3.05) is 0 Å². The van der Waals surface area contributed by atoms with Crippen LogP contribution in [0.15, 0.2) is 24.4 Å². The van der Waals surface area contributed by atoms with Crippen molar-refractivity contribution in [3.63, 3.8) is 0 Å². The first kappa shape index (κ1) is 15.5. The third kappa shape index (κ3) is 3.40. The van der Waals surface area contributed by atoms with E-state index >= 15 is 0 Å². The number of pyridine rings is 1. The summed E-state index contributed by atoms with van der Waals surface area (Å²) < 4.78 is 1.73. The van der Waals surface area contributed by atoms with Crippen molar-refractivity contribution >= 4 is 23.4 Å². The lowest BCUT2D eigenvalue weighted by molar-refractivity contribution is -0.139. The minimum atomic E-state index is -1.23. The summed E-state index contributed by atoms with van der Waals surface area (Å²) in [5.74, 6) is -2.46. The van der Waals surface area contributed by atoms with Crippen LogP contribution in [0, 0.1) is 6.92 Å². The summed E-state index contributed by atoms with van der Waals surface area (Å²) in [4.78, 5) is 38.1. The van der Waals surface area contributed by atoms with E-state index in [2.05, 4.69) is 10.3 Å². The molecular formula is C14H16N4O4. The van der Waals surface area contributed by atoms with Crippen molar-refractivity contribution in [3.05, 3.63) is 35.8 Å². The molecule has 8 nitrogen and oxygen atoms in total. The number of hydrogen-bond acceptors (Lipinski definition) is 4. The average molecular weight is 304 g/mol. The van der Waals surface area contributed by atoms with Gasteiger partial charge in [-0.15, -0.1) is 0 Å². The van der Waals surface area contributed by atoms with Crippen LogP contribution >= 0.6 is 0 Å². The SMILES string of the molecule is Cc1cccc2nc(C(=O)NC(CCC(N)=O)C(=O)O)cn12. The zero-order chi connectivity index (χ0) is 16.3. The second-order valence-electron chi connectivity index (χ2n) is 4.89. The number of aromatic nitrogens is 2. The van der Waals surface area contributed by atoms with Crippen LogP contribution in [0.5, 0.6) is 0 Å². The summed E-state index contributed by atoms with van der Waals surface area (Å²) in [6.07, 6.45) is 1.34. The molecule has 8 heteroatoms. The number of nitrogens with two attached hydrogens (primary N) is 1. The maximum Gasteiger partial charge on any atom is 0.326 e. The highest BCUT2D eigenvalue weighted by Gasteiger charge is 2.22. The lowest BCUT2D eigenvalue weighted by Gasteiger charge is -2.12. The first-order valence-electron chi connectivity index (χ1n) is 6.65. The summed E-state index contributed by atoms with van der Waals surface area (Å²) in [5.41, 5.74) is 6.59. The van der Waals surface area contributed by atoms with Gasteiger partial charge in [0.05, 0.1) is 0 Å². The van der Waals surface area contributed by atoms with Gasteiger partial charge in [0.2, 0.25) is 5.91 Å². The number of nitrogens with one attached hydrogen (secondary N) is 1. The number of amides is 2. The van der Waals surface area contributed by atoms with Crippen molar-refractivity contribution in [2.24, 2.45) is 5.73 Å². The third-order valence-corrected chi connectivity index (χ3v) is 3.21. The van der Waals surface area contributed by atoms with E-state index in [1.54, 1.807) is 10.5 Å². The largest absolute Gasteiger partial charge is 0.480 e. The second-order valence-corrected chi connectivity index (χ2v) is 4.89. The Balaban J connectivity index is 2.16. The van der Waals surface area contributed by atoms with Gasteiger partial charge in [-0.25, -0.2) is 9.78 Å². The molecule has 2 rings (SSSR count). The van der Waals surface area contributed by atoms with E-state index < -0.39 is 23.8 Å². The summed E-state index contributed by atoms with van der Waals surface area (Å²) in [7, 11) is 0. The van der Waals surface area contributed by atoms with E-state index in [4.69, 9.17) is 10.8 Å². The minimum absolute atomic E-state index is 0.0667. The maximum atomic E-state index is 12.1. The summed E-state index contributed by atoms with van der Waals surface area (Å²) in [6.45, 7) is 1.86. The Bertz CT molecular complexity index is 738. The molecule has 0 aliphatic carbocycles. The van der Waals surface area contributed by atoms with Gasteiger partial charge in [-0.05, 0) is 25.5 Å². The van der Waals surface area contributed by atoms with Gasteiger partial charge in [-0.1, -0.05) is 6.07 Å². The number of carbonyl (C=O) groups is 3. The van der Waals surface area contributed by atoms with Gasteiger partial charge < -0.3 is 20.6 Å². The first-order valence-corrected chi connectivity index (χ1v) is 6.65. The van der Waals surface area contributed by atoms with Crippen molar-refractivity contribution in [3.8, 4) is 0 Å². The van der Waals surface area contributed by atoms with Crippen molar-refractivity contribution in [2.45, 2.75) is 25.8 Å². The van der Waals surface area contributed by atoms with Crippen molar-refractivity contribution in [1.29, 1.82) is 0 Å². The predicted octanol–water partition coefficient (Wildman–Crippen LogP) is 0.0912. The Labute approximate surface area is 125 Å². The number of nitrogens with zero attached hydrogens (tertiary/aromatic N) is 2. The van der Waals surface area contributed by atoms with Crippen LogP contribution in [0.2, 0.25) is 0 Å². The van der Waals surface area contributed by atoms with Gasteiger partial charge in [-0.2, -0.15) is 0 Å². The third-order valence-electron chi connectivity index (χ3n) is 3.21. The number of carbonyl (C=O) groups excluding carboxylic acids is 2. The lowest BCUT2D eigenvalue weighted by Crippen LogP contribution is -2.41. The molecule has 1 unspecified atom stereocenters. The Kier molecular flexibility index (Phi) is 4.40. The van der Waals surface area contributed by atoms with Gasteiger partial charge in [0.15, 0.2) is 0 Å². The number of hydrogen-bond donors (Lipinski definition) is 3. The van der Waals surface area contributed by atoms with Crippen LogP contribution in [0.1, 0.15) is 29.0 Å². The zero-order valence-corrected chi connectivity index (χ0v) is 11.9. The van der Waals surface area contributed by atoms with E-state index in [0.29, 0.717) is 5.65 Å². The summed E-state index contributed by atoms with van der Waals surface area (Å²) >= 11 is 0. The fourth-order valence-electron chi connectivity index (χ4n) is 2.03. The number of rotatable bonds is 6. The average Bonchev–Trinajstić information content (AvgIpc) is 2.88. The molecule has 0 spiro atoms. The van der Waals surface area contributed by atoms with Gasteiger partial charge >= 0.3 is 5.97 Å². The molecule has 0 aromatic carbocycles. The molecular weight excluding hydrogens is 288 g/mol. The molecule has 0 bridgehead atoms. The van der Waals surface area contributed by atoms with Crippen LogP contribution in [0.3, 0.4) is 0 Å². The zero-order valence-electron chi connectivity index (χ0n) is 11.9. The molecule has 2 aromatic heterocycles. The molecule has 0 aliphatic heterocycles. The van der Waals surface area contributed by atoms with E-state index in [-0.39, 0.29) is 18.5 Å². The van der Waals surface area contributed by atoms with Gasteiger partial charge in [-0.3, -0.25) is 9.59 Å². The molecule has 0 saturated heterocycles. The standard InChI is InChI=1S/C14H16N4O4/c1-8-3-2-4-12-16-10(7-18(8)12)13(20)17-9(14(21)22)5-6-11(15)19/h2-4,7,9H,5-6H2,1H3,(H2,15,19)(H,17,20)(H,21,22). The number of aryl methyl sites for hydroxylation is 1. The Morgan fingerprint density at radius 3 is 2.73 bits per heavy atom. The minimum Gasteiger partial charge on any atom is -0.480 e. The molecule has 4 N–H and O–H groups in total. The number of aliphatic carboxylic acids is 1. The molecule has 0 radical (unpaired) electrons. The van der Waals surface area contributed by atoms with E-state index in [0.717, 1.165) is 5.69 Å². The number of carboxylic acids is 1. The maximum absolute atomic E-state index is 12.1. The number of primary amides is 1. The molecule has 22 heavy (non-hydrogen) atoms. The lowest BCUT2D eigenvalue weighted by atomic mass is 10.1. The summed E-state index contributed by atoms with van der Waals surface area (Å²) in [6, 6.07) is 4.23. The molecule has 116 valence electrons. The Morgan fingerprint density at radius 2 is 2.14 bits per heavy atom. The number of fused-ring (bicyclic) bond motifs is 1. The number of carboxylic acid groups (broad SMARTS) is 1. The quantitative estimate of drug-likeness (QED) is 0.697. The first-order chi connectivity index (χ1) is 10.4. The van der Waals surface area contributed by atoms with Crippen LogP contribution in [-0.4, -0.2) is 38.3 Å². The highest BCUT2D eigenvalue weighted by Crippen LogP contribution is 2.09. The topological polar surface area (TPSA) is 127 Å². The summed E-state index contributed by atoms with van der Waals surface area (Å²) in [5, 5.41) is 11.4. The van der Waals surface area contributed by atoms with E-state index in [1.807, 2.05) is 19.1 Å². The normalized spacial score (nSPS) is 12.0. The molecule has 0 aliphatic rings. The van der Waals surface area contributed by atoms with E-state index in [9.17, 15) is 14.4 Å². The molecule has 1 atom stereocenters. The second kappa shape index (κ2) is 6.25. The van der Waals surface area contributed by atoms with Gasteiger partial charge in [0, 0.05) is 18.3 Å². The fraction of sp³-hybridized carbons (Fsp3) is 0.286. The van der Waals surface area contributed by atoms with Gasteiger partial charge in [0.25, 0.3) is 5.91 Å². The monoisotopic (exact) mass is 304 g/mol. The molecule has 2 heterocycles. The Hall–Kier alpha value is -2.90. The van der Waals surface area contributed by atoms with Crippen LogP contribution in [-0.2, 0) is 9.59 Å². The van der Waals surface area contributed by atoms with Crippen LogP contribution in [0.4, 0.5) is 0 Å². The predicted molar refractivity (Wildman–Crippen MR) is 77.2 cm³/mol. The molecule has 2 aromatic rings. The smallest absolute Gasteiger partial charge is 0.326 e. The molecule has 0 fully saturated rings. The fourth-order valence-corrected chi connectivity index (χ4v) is 2.03. The van der Waals surface area contributed by atoms with Gasteiger partial charge in [0.1, 0.15) is 17.4 Å². The Morgan fingerprint density at radius 1 is 1.41 bits per heavy atom. The van der Waals surface area contributed by atoms with Crippen molar-refractivity contribution < 1.29 is 19.5 Å². The molecule has 2 amide bonds. The highest BCUT2D eigenvalue weighted by atomic mass is 16.4. The van der Waals surface area contributed by atoms with Crippen LogP contribution < -0.4 is 11.1 Å². The van der Waals surface area contributed by atoms with E-state index in [1.165, 1.54) is 6.20 Å².